The van der Waals surface area contributed by atoms with Crippen molar-refractivity contribution in [2.45, 2.75) is 0 Å². The minimum atomic E-state index is 0.0638. The van der Waals surface area contributed by atoms with Gasteiger partial charge in [-0.15, -0.1) is 0 Å². The van der Waals surface area contributed by atoms with Crippen LogP contribution in [0.1, 0.15) is 5.56 Å². The second kappa shape index (κ2) is 4.21. The molecule has 0 saturated carbocycles. The first-order valence-electron chi connectivity index (χ1n) is 3.80. The van der Waals surface area contributed by atoms with Crippen molar-refractivity contribution in [1.82, 2.24) is 0 Å². The number of nitrogens with one attached hydrogen (secondary N) is 1. The summed E-state index contributed by atoms with van der Waals surface area (Å²) in [6, 6.07) is 9.10. The number of hydrogen-bond donors (Lipinski definition) is 2. The van der Waals surface area contributed by atoms with Gasteiger partial charge < -0.3 is 11.1 Å². The summed E-state index contributed by atoms with van der Waals surface area (Å²) >= 11 is 0. The third-order valence-electron chi connectivity index (χ3n) is 1.53. The van der Waals surface area contributed by atoms with Crippen LogP contribution in [0.25, 0.3) is 0 Å². The molecule has 3 heteroatoms. The Hall–Kier alpha value is -1.90. The van der Waals surface area contributed by atoms with Crippen molar-refractivity contribution in [2.75, 3.05) is 0 Å². The second-order valence-corrected chi connectivity index (χ2v) is 2.54. The summed E-state index contributed by atoms with van der Waals surface area (Å²) in [5.74, 6) is 0. The molecule has 0 unspecified atom stereocenters. The molecule has 0 aliphatic rings. The van der Waals surface area contributed by atoms with E-state index in [1.807, 2.05) is 18.2 Å². The van der Waals surface area contributed by atoms with Gasteiger partial charge in [-0.3, -0.25) is 4.79 Å². The van der Waals surface area contributed by atoms with E-state index in [0.29, 0.717) is 6.29 Å². The number of hydrogen-bond acceptors (Lipinski definition) is 3. The Morgan fingerprint density at radius 1 is 1.31 bits per heavy atom. The summed E-state index contributed by atoms with van der Waals surface area (Å²) in [5.41, 5.74) is 6.31. The Kier molecular flexibility index (Phi) is 2.97. The number of carbonyl (C=O) groups is 1. The van der Waals surface area contributed by atoms with Crippen LogP contribution in [0, 0.1) is 5.41 Å². The zero-order valence-corrected chi connectivity index (χ0v) is 7.03. The maximum absolute atomic E-state index is 10.2. The fourth-order valence-corrected chi connectivity index (χ4v) is 0.902. The summed E-state index contributed by atoms with van der Waals surface area (Å²) < 4.78 is 0. The van der Waals surface area contributed by atoms with Crippen LogP contribution in [0.3, 0.4) is 0 Å². The first-order chi connectivity index (χ1) is 6.24. The van der Waals surface area contributed by atoms with Crippen LogP contribution in [0.15, 0.2) is 42.1 Å². The Morgan fingerprint density at radius 2 is 1.92 bits per heavy atom. The second-order valence-electron chi connectivity index (χ2n) is 2.54. The first kappa shape index (κ1) is 9.19. The van der Waals surface area contributed by atoms with Crippen molar-refractivity contribution in [2.24, 2.45) is 5.73 Å². The Labute approximate surface area is 76.4 Å². The molecule has 0 atom stereocenters. The highest BCUT2D eigenvalue weighted by Gasteiger charge is 1.96. The molecule has 66 valence electrons. The van der Waals surface area contributed by atoms with Gasteiger partial charge >= 0.3 is 0 Å². The summed E-state index contributed by atoms with van der Waals surface area (Å²) in [4.78, 5) is 10.2. The van der Waals surface area contributed by atoms with Crippen LogP contribution >= 0.6 is 0 Å². The molecule has 13 heavy (non-hydrogen) atoms. The minimum absolute atomic E-state index is 0.0638. The van der Waals surface area contributed by atoms with Crippen LogP contribution < -0.4 is 5.73 Å². The van der Waals surface area contributed by atoms with Crippen LogP contribution in [0.5, 0.6) is 0 Å². The number of benzene rings is 1. The molecule has 0 aliphatic heterocycles. The van der Waals surface area contributed by atoms with Crippen LogP contribution in [0.4, 0.5) is 0 Å². The van der Waals surface area contributed by atoms with E-state index in [1.165, 1.54) is 6.08 Å². The Bertz CT molecular complexity index is 341. The Morgan fingerprint density at radius 3 is 2.46 bits per heavy atom. The van der Waals surface area contributed by atoms with Crippen molar-refractivity contribution < 1.29 is 4.79 Å². The fourth-order valence-electron chi connectivity index (χ4n) is 0.902. The maximum Gasteiger partial charge on any atom is 0.165 e. The largest absolute Gasteiger partial charge is 0.396 e. The van der Waals surface area contributed by atoms with E-state index in [4.69, 9.17) is 11.1 Å². The molecule has 0 radical (unpaired) electrons. The molecule has 0 saturated heterocycles. The van der Waals surface area contributed by atoms with E-state index < -0.39 is 0 Å². The number of allylic oxidation sites excluding steroid dienone is 2. The predicted molar refractivity (Wildman–Crippen MR) is 51.6 cm³/mol. The van der Waals surface area contributed by atoms with Gasteiger partial charge in [0.25, 0.3) is 0 Å². The smallest absolute Gasteiger partial charge is 0.165 e. The molecular formula is C10H10N2O. The fraction of sp³-hybridized carbons (Fsp3) is 0. The first-order valence-corrected chi connectivity index (χ1v) is 3.80. The van der Waals surface area contributed by atoms with Gasteiger partial charge in [0.05, 0.1) is 11.4 Å². The van der Waals surface area contributed by atoms with E-state index in [0.717, 1.165) is 5.56 Å². The quantitative estimate of drug-likeness (QED) is 0.409. The van der Waals surface area contributed by atoms with Gasteiger partial charge in [-0.2, -0.15) is 0 Å². The van der Waals surface area contributed by atoms with Crippen molar-refractivity contribution >= 4 is 12.0 Å². The van der Waals surface area contributed by atoms with Gasteiger partial charge in [-0.05, 0) is 11.6 Å². The SMILES string of the molecule is N=C(/C=C(\N)C=O)c1ccccc1. The summed E-state index contributed by atoms with van der Waals surface area (Å²) in [7, 11) is 0. The molecule has 0 spiro atoms. The number of nitrogens with two attached hydrogens (primary N) is 1. The summed E-state index contributed by atoms with van der Waals surface area (Å²) in [6.07, 6.45) is 1.86. The van der Waals surface area contributed by atoms with Crippen LogP contribution in [-0.2, 0) is 4.79 Å². The van der Waals surface area contributed by atoms with Crippen molar-refractivity contribution in [1.29, 1.82) is 5.41 Å². The van der Waals surface area contributed by atoms with Gasteiger partial charge in [0, 0.05) is 0 Å². The topological polar surface area (TPSA) is 66.9 Å². The standard InChI is InChI=1S/C10H10N2O/c11-9(7-13)6-10(12)8-4-2-1-3-5-8/h1-7,12H,11H2/b9-6-,12-10?. The average molecular weight is 174 g/mol. The van der Waals surface area contributed by atoms with Crippen molar-refractivity contribution in [3.63, 3.8) is 0 Å². The zero-order valence-electron chi connectivity index (χ0n) is 7.03. The molecule has 0 fully saturated rings. The number of rotatable bonds is 3. The molecular weight excluding hydrogens is 164 g/mol. The lowest BCUT2D eigenvalue weighted by atomic mass is 10.1. The molecule has 3 nitrogen and oxygen atoms in total. The Balaban J connectivity index is 2.87. The lowest BCUT2D eigenvalue weighted by Crippen LogP contribution is -2.03. The van der Waals surface area contributed by atoms with Crippen LogP contribution in [-0.4, -0.2) is 12.0 Å². The molecule has 0 aromatic heterocycles. The monoisotopic (exact) mass is 174 g/mol. The number of carbonyl (C=O) groups excluding carboxylic acids is 1. The van der Waals surface area contributed by atoms with Crippen molar-refractivity contribution in [3.8, 4) is 0 Å². The van der Waals surface area contributed by atoms with Gasteiger partial charge in [-0.1, -0.05) is 30.3 Å². The highest BCUT2D eigenvalue weighted by Crippen LogP contribution is 2.00. The lowest BCUT2D eigenvalue weighted by molar-refractivity contribution is -0.104. The zero-order chi connectivity index (χ0) is 9.68. The lowest BCUT2D eigenvalue weighted by Gasteiger charge is -1.97. The van der Waals surface area contributed by atoms with E-state index in [2.05, 4.69) is 0 Å². The molecule has 0 aliphatic carbocycles. The highest BCUT2D eigenvalue weighted by atomic mass is 16.1. The van der Waals surface area contributed by atoms with Crippen LogP contribution in [0.2, 0.25) is 0 Å². The van der Waals surface area contributed by atoms with E-state index in [-0.39, 0.29) is 11.4 Å². The minimum Gasteiger partial charge on any atom is -0.396 e. The van der Waals surface area contributed by atoms with E-state index in [9.17, 15) is 4.79 Å². The molecule has 0 bridgehead atoms. The molecule has 0 heterocycles. The molecule has 0 amide bonds. The average Bonchev–Trinajstić information content (AvgIpc) is 2.19. The van der Waals surface area contributed by atoms with Gasteiger partial charge in [0.1, 0.15) is 0 Å². The van der Waals surface area contributed by atoms with Gasteiger partial charge in [0.2, 0.25) is 0 Å². The van der Waals surface area contributed by atoms with Gasteiger partial charge in [0.15, 0.2) is 6.29 Å². The molecule has 1 aromatic rings. The molecule has 3 N–H and O–H groups in total. The third kappa shape index (κ3) is 2.56. The molecule has 1 aromatic carbocycles. The van der Waals surface area contributed by atoms with Crippen molar-refractivity contribution in [3.05, 3.63) is 47.7 Å². The van der Waals surface area contributed by atoms with E-state index in [1.54, 1.807) is 12.1 Å². The summed E-state index contributed by atoms with van der Waals surface area (Å²) in [6.45, 7) is 0. The van der Waals surface area contributed by atoms with Gasteiger partial charge in [-0.25, -0.2) is 0 Å². The summed E-state index contributed by atoms with van der Waals surface area (Å²) in [5, 5.41) is 7.55. The van der Waals surface area contributed by atoms with E-state index >= 15 is 0 Å². The normalized spacial score (nSPS) is 10.9. The maximum atomic E-state index is 10.2. The highest BCUT2D eigenvalue weighted by molar-refractivity contribution is 6.08. The number of aldehydes is 1. The molecule has 1 rings (SSSR count). The third-order valence-corrected chi connectivity index (χ3v) is 1.53. The predicted octanol–water partition coefficient (Wildman–Crippen LogP) is 1.10.